The molecule has 1 aliphatic rings. The van der Waals surface area contributed by atoms with E-state index in [-0.39, 0.29) is 32.8 Å². The molecule has 2 amide bonds. The van der Waals surface area contributed by atoms with Gasteiger partial charge >= 0.3 is 6.05 Å². The van der Waals surface area contributed by atoms with Crippen LogP contribution in [0.15, 0.2) is 53.6 Å². The predicted octanol–water partition coefficient (Wildman–Crippen LogP) is 2.84. The Balaban J connectivity index is 1.45. The van der Waals surface area contributed by atoms with Gasteiger partial charge in [0.1, 0.15) is 11.6 Å². The fourth-order valence-electron chi connectivity index (χ4n) is 3.34. The highest BCUT2D eigenvalue weighted by molar-refractivity contribution is 6.41. The Morgan fingerprint density at radius 3 is 2.68 bits per heavy atom. The summed E-state index contributed by atoms with van der Waals surface area (Å²) in [6.07, 6.45) is 3.04. The zero-order chi connectivity index (χ0) is 24.5. The molecule has 0 saturated heterocycles. The van der Waals surface area contributed by atoms with E-state index in [2.05, 4.69) is 20.8 Å². The number of alkyl halides is 2. The number of nitrogens with one attached hydrogen (secondary N) is 2. The summed E-state index contributed by atoms with van der Waals surface area (Å²) in [5.41, 5.74) is 1.71. The fourth-order valence-corrected chi connectivity index (χ4v) is 3.61. The number of nitrogens with zero attached hydrogens (tertiary/aromatic N) is 4. The molecule has 34 heavy (non-hydrogen) atoms. The molecule has 2 N–H and O–H groups in total. The molecule has 0 radical (unpaired) electrons. The Bertz CT molecular complexity index is 1320. The van der Waals surface area contributed by atoms with Gasteiger partial charge in [0.15, 0.2) is 0 Å². The fraction of sp³-hybridized carbons (Fsp3) is 0.190. The van der Waals surface area contributed by atoms with Gasteiger partial charge in [-0.25, -0.2) is 15.1 Å². The van der Waals surface area contributed by atoms with E-state index in [0.717, 1.165) is 23.0 Å². The van der Waals surface area contributed by atoms with Crippen LogP contribution < -0.4 is 16.3 Å². The highest BCUT2D eigenvalue weighted by Gasteiger charge is 2.51. The largest absolute Gasteiger partial charge is 0.368 e. The number of anilines is 1. The number of carbonyl (C=O) groups excluding carboxylic acids is 2. The number of aromatic nitrogens is 3. The van der Waals surface area contributed by atoms with Gasteiger partial charge in [0.05, 0.1) is 22.3 Å². The van der Waals surface area contributed by atoms with E-state index in [1.807, 2.05) is 0 Å². The van der Waals surface area contributed by atoms with Crippen LogP contribution in [-0.2, 0) is 23.8 Å². The first kappa shape index (κ1) is 23.7. The lowest BCUT2D eigenvalue weighted by molar-refractivity contribution is -0.143. The summed E-state index contributed by atoms with van der Waals surface area (Å²) in [5, 5.41) is 6.10. The number of carbonyl (C=O) groups is 2. The molecule has 9 nitrogen and oxygen atoms in total. The van der Waals surface area contributed by atoms with Crippen LogP contribution in [0.25, 0.3) is 0 Å². The van der Waals surface area contributed by atoms with Crippen molar-refractivity contribution in [1.82, 2.24) is 25.2 Å². The minimum atomic E-state index is -3.59. The summed E-state index contributed by atoms with van der Waals surface area (Å²) in [5.74, 6) is -1.63. The van der Waals surface area contributed by atoms with Crippen LogP contribution in [0.4, 0.5) is 14.5 Å². The minimum Gasteiger partial charge on any atom is -0.324 e. The summed E-state index contributed by atoms with van der Waals surface area (Å²) in [6.45, 7) is -0.445. The molecule has 1 aromatic carbocycles. The maximum Gasteiger partial charge on any atom is 0.368 e. The van der Waals surface area contributed by atoms with Crippen molar-refractivity contribution in [1.29, 1.82) is 0 Å². The molecule has 3 heterocycles. The zero-order valence-electron chi connectivity index (χ0n) is 17.3. The number of hydrogen-bond donors (Lipinski definition) is 2. The van der Waals surface area contributed by atoms with Crippen molar-refractivity contribution in [3.05, 3.63) is 86.0 Å². The van der Waals surface area contributed by atoms with Crippen molar-refractivity contribution in [2.45, 2.75) is 19.0 Å². The molecule has 3 aromatic rings. The first-order chi connectivity index (χ1) is 16.2. The van der Waals surface area contributed by atoms with Gasteiger partial charge in [-0.15, -0.1) is 0 Å². The molecule has 0 aliphatic carbocycles. The zero-order valence-corrected chi connectivity index (χ0v) is 18.8. The lowest BCUT2D eigenvalue weighted by Crippen LogP contribution is -2.48. The number of amides is 2. The summed E-state index contributed by atoms with van der Waals surface area (Å²) in [7, 11) is 0. The van der Waals surface area contributed by atoms with Crippen LogP contribution in [0.2, 0.25) is 10.0 Å². The SMILES string of the molecule is O=C(Cn1ncc(Cl)c(Cl)c1=O)Nc1ccc2c(c1)C(=O)N(NCCc1ccccn1)C2(F)F. The van der Waals surface area contributed by atoms with Crippen LogP contribution >= 0.6 is 23.2 Å². The maximum atomic E-state index is 14.8. The number of fused-ring (bicyclic) bond motifs is 1. The lowest BCUT2D eigenvalue weighted by atomic mass is 10.1. The highest BCUT2D eigenvalue weighted by atomic mass is 35.5. The van der Waals surface area contributed by atoms with E-state index in [9.17, 15) is 23.2 Å². The Labute approximate surface area is 201 Å². The van der Waals surface area contributed by atoms with Crippen molar-refractivity contribution in [3.63, 3.8) is 0 Å². The van der Waals surface area contributed by atoms with Gasteiger partial charge in [0.2, 0.25) is 5.91 Å². The van der Waals surface area contributed by atoms with Gasteiger partial charge in [-0.2, -0.15) is 13.9 Å². The van der Waals surface area contributed by atoms with E-state index in [4.69, 9.17) is 23.2 Å². The summed E-state index contributed by atoms with van der Waals surface area (Å²) < 4.78 is 30.5. The van der Waals surface area contributed by atoms with Gasteiger partial charge in [-0.1, -0.05) is 29.3 Å². The van der Waals surface area contributed by atoms with Gasteiger partial charge in [-0.05, 0) is 30.3 Å². The lowest BCUT2D eigenvalue weighted by Gasteiger charge is -2.24. The highest BCUT2D eigenvalue weighted by Crippen LogP contribution is 2.41. The average Bonchev–Trinajstić information content (AvgIpc) is 3.00. The van der Waals surface area contributed by atoms with E-state index < -0.39 is 35.5 Å². The van der Waals surface area contributed by atoms with Crippen molar-refractivity contribution in [3.8, 4) is 0 Å². The molecule has 1 aliphatic heterocycles. The minimum absolute atomic E-state index is 0.0559. The van der Waals surface area contributed by atoms with Gasteiger partial charge in [0.25, 0.3) is 11.5 Å². The van der Waals surface area contributed by atoms with Crippen molar-refractivity contribution >= 4 is 40.7 Å². The van der Waals surface area contributed by atoms with Gasteiger partial charge in [0, 0.05) is 30.5 Å². The Hall–Kier alpha value is -3.41. The Morgan fingerprint density at radius 1 is 1.15 bits per heavy atom. The van der Waals surface area contributed by atoms with Gasteiger partial charge in [-0.3, -0.25) is 19.4 Å². The van der Waals surface area contributed by atoms with Crippen LogP contribution in [-0.4, -0.2) is 38.1 Å². The second-order valence-electron chi connectivity index (χ2n) is 7.24. The summed E-state index contributed by atoms with van der Waals surface area (Å²) in [6, 6.07) is 5.12. The van der Waals surface area contributed by atoms with Crippen molar-refractivity contribution < 1.29 is 18.4 Å². The van der Waals surface area contributed by atoms with E-state index in [1.54, 1.807) is 24.4 Å². The molecule has 176 valence electrons. The van der Waals surface area contributed by atoms with Crippen LogP contribution in [0, 0.1) is 0 Å². The topological polar surface area (TPSA) is 109 Å². The van der Waals surface area contributed by atoms with E-state index in [1.165, 1.54) is 6.07 Å². The summed E-state index contributed by atoms with van der Waals surface area (Å²) in [4.78, 5) is 41.1. The maximum absolute atomic E-state index is 14.8. The molecular formula is C21H16Cl2F2N6O3. The molecule has 0 spiro atoms. The second kappa shape index (κ2) is 9.45. The molecule has 2 aromatic heterocycles. The molecule has 0 unspecified atom stereocenters. The monoisotopic (exact) mass is 508 g/mol. The number of benzene rings is 1. The van der Waals surface area contributed by atoms with Crippen LogP contribution in [0.1, 0.15) is 21.6 Å². The molecule has 13 heteroatoms. The summed E-state index contributed by atoms with van der Waals surface area (Å²) >= 11 is 11.5. The third kappa shape index (κ3) is 4.63. The number of halogens is 4. The smallest absolute Gasteiger partial charge is 0.324 e. The standard InChI is InChI=1S/C21H16Cl2F2N6O3/c22-16-10-28-30(20(34)18(16)23)11-17(32)29-13-4-5-15-14(9-13)19(33)31(21(15,24)25)27-8-6-12-3-1-2-7-26-12/h1-5,7,9-10,27H,6,8,11H2,(H,29,32). The molecule has 0 fully saturated rings. The molecular weight excluding hydrogens is 493 g/mol. The van der Waals surface area contributed by atoms with Crippen LogP contribution in [0.5, 0.6) is 0 Å². The van der Waals surface area contributed by atoms with E-state index in [0.29, 0.717) is 12.1 Å². The first-order valence-electron chi connectivity index (χ1n) is 9.90. The quantitative estimate of drug-likeness (QED) is 0.475. The molecule has 4 rings (SSSR count). The number of pyridine rings is 1. The normalized spacial score (nSPS) is 14.2. The number of hydrazine groups is 1. The average molecular weight is 509 g/mol. The Kier molecular flexibility index (Phi) is 6.60. The third-order valence-corrected chi connectivity index (χ3v) is 5.70. The van der Waals surface area contributed by atoms with E-state index >= 15 is 0 Å². The molecule has 0 atom stereocenters. The second-order valence-corrected chi connectivity index (χ2v) is 8.02. The molecule has 0 saturated carbocycles. The molecule has 0 bridgehead atoms. The number of hydrogen-bond acceptors (Lipinski definition) is 6. The van der Waals surface area contributed by atoms with Crippen LogP contribution in [0.3, 0.4) is 0 Å². The van der Waals surface area contributed by atoms with Gasteiger partial charge < -0.3 is 5.32 Å². The van der Waals surface area contributed by atoms with Crippen molar-refractivity contribution in [2.24, 2.45) is 0 Å². The third-order valence-electron chi connectivity index (χ3n) is 4.95. The first-order valence-corrected chi connectivity index (χ1v) is 10.7. The number of rotatable bonds is 7. The Morgan fingerprint density at radius 2 is 1.94 bits per heavy atom. The predicted molar refractivity (Wildman–Crippen MR) is 120 cm³/mol. The van der Waals surface area contributed by atoms with Crippen molar-refractivity contribution in [2.75, 3.05) is 11.9 Å².